The third kappa shape index (κ3) is 3.39. The van der Waals surface area contributed by atoms with Crippen LogP contribution in [0, 0.1) is 0 Å². The van der Waals surface area contributed by atoms with Crippen molar-refractivity contribution in [3.63, 3.8) is 0 Å². The van der Waals surface area contributed by atoms with Gasteiger partial charge in [-0.1, -0.05) is 66.3 Å². The molecule has 0 saturated carbocycles. The Hall–Kier alpha value is -2.73. The molecule has 1 aliphatic heterocycles. The minimum absolute atomic E-state index is 0.000611. The molecule has 5 nitrogen and oxygen atoms in total. The molecule has 6 heteroatoms. The fourth-order valence-electron chi connectivity index (χ4n) is 2.67. The summed E-state index contributed by atoms with van der Waals surface area (Å²) in [5.74, 6) is -1.86. The molecule has 0 unspecified atom stereocenters. The van der Waals surface area contributed by atoms with Crippen LogP contribution in [0.15, 0.2) is 48.5 Å². The normalized spacial score (nSPS) is 13.8. The van der Waals surface area contributed by atoms with E-state index in [1.165, 1.54) is 5.19 Å². The van der Waals surface area contributed by atoms with Gasteiger partial charge in [-0.3, -0.25) is 9.59 Å². The van der Waals surface area contributed by atoms with Crippen molar-refractivity contribution in [1.29, 1.82) is 0 Å². The van der Waals surface area contributed by atoms with Crippen molar-refractivity contribution in [2.24, 2.45) is 0 Å². The van der Waals surface area contributed by atoms with Crippen LogP contribution in [-0.4, -0.2) is 30.9 Å². The first-order chi connectivity index (χ1) is 11.8. The molecule has 0 atom stereocenters. The highest BCUT2D eigenvalue weighted by atomic mass is 28.3. The lowest BCUT2D eigenvalue weighted by Crippen LogP contribution is -2.37. The van der Waals surface area contributed by atoms with E-state index < -0.39 is 25.9 Å². The van der Waals surface area contributed by atoms with Crippen molar-refractivity contribution in [3.05, 3.63) is 65.2 Å². The molecule has 2 aromatic rings. The van der Waals surface area contributed by atoms with E-state index in [0.29, 0.717) is 5.06 Å². The van der Waals surface area contributed by atoms with Crippen LogP contribution in [0.1, 0.15) is 26.3 Å². The summed E-state index contributed by atoms with van der Waals surface area (Å²) in [6.45, 7) is 6.75. The smallest absolute Gasteiger partial charge is 0.329 e. The monoisotopic (exact) mass is 353 g/mol. The second kappa shape index (κ2) is 6.29. The summed E-state index contributed by atoms with van der Waals surface area (Å²) >= 11 is 0. The number of amides is 2. The van der Waals surface area contributed by atoms with Crippen LogP contribution in [0.25, 0.3) is 0 Å². The van der Waals surface area contributed by atoms with Gasteiger partial charge in [-0.2, -0.15) is 0 Å². The van der Waals surface area contributed by atoms with Gasteiger partial charge in [0, 0.05) is 0 Å². The highest BCUT2D eigenvalue weighted by Gasteiger charge is 2.38. The molecule has 0 spiro atoms. The Kier molecular flexibility index (Phi) is 4.30. The predicted octanol–water partition coefficient (Wildman–Crippen LogP) is 2.53. The molecule has 1 heterocycles. The first-order valence-corrected chi connectivity index (χ1v) is 11.6. The van der Waals surface area contributed by atoms with Crippen LogP contribution in [0.3, 0.4) is 0 Å². The quantitative estimate of drug-likeness (QED) is 0.626. The lowest BCUT2D eigenvalue weighted by atomic mass is 10.1. The number of fused-ring (bicyclic) bond motifs is 1. The molecule has 0 aliphatic carbocycles. The Bertz CT molecular complexity index is 817. The van der Waals surface area contributed by atoms with Crippen molar-refractivity contribution in [2.75, 3.05) is 0 Å². The van der Waals surface area contributed by atoms with Gasteiger partial charge in [0.2, 0.25) is 0 Å². The number of hydrogen-bond donors (Lipinski definition) is 0. The van der Waals surface area contributed by atoms with Crippen molar-refractivity contribution in [3.8, 4) is 0 Å². The van der Waals surface area contributed by atoms with Gasteiger partial charge in [0.05, 0.1) is 25.6 Å². The minimum Gasteiger partial charge on any atom is -0.329 e. The van der Waals surface area contributed by atoms with Gasteiger partial charge < -0.3 is 4.84 Å². The molecule has 25 heavy (non-hydrogen) atoms. The SMILES string of the molecule is C[Si](C)(C)c1ccc(CC(=O)ON2C(=O)c3ccccc3C2=O)cc1. The number of carbonyl (C=O) groups excluding carboxylic acids is 3. The van der Waals surface area contributed by atoms with Gasteiger partial charge in [-0.05, 0) is 17.7 Å². The van der Waals surface area contributed by atoms with Gasteiger partial charge >= 0.3 is 5.97 Å². The number of benzene rings is 2. The van der Waals surface area contributed by atoms with Crippen LogP contribution < -0.4 is 5.19 Å². The zero-order chi connectivity index (χ0) is 18.2. The fourth-order valence-corrected chi connectivity index (χ4v) is 3.84. The van der Waals surface area contributed by atoms with E-state index in [1.54, 1.807) is 24.3 Å². The van der Waals surface area contributed by atoms with Gasteiger partial charge in [0.15, 0.2) is 0 Å². The number of rotatable bonds is 4. The average molecular weight is 353 g/mol. The maximum Gasteiger partial charge on any atom is 0.337 e. The fraction of sp³-hybridized carbons (Fsp3) is 0.211. The van der Waals surface area contributed by atoms with E-state index in [0.717, 1.165) is 5.56 Å². The second-order valence-corrected chi connectivity index (χ2v) is 12.1. The van der Waals surface area contributed by atoms with Crippen molar-refractivity contribution in [2.45, 2.75) is 26.1 Å². The first kappa shape index (κ1) is 17.1. The largest absolute Gasteiger partial charge is 0.337 e. The maximum atomic E-state index is 12.2. The Morgan fingerprint density at radius 3 is 1.92 bits per heavy atom. The summed E-state index contributed by atoms with van der Waals surface area (Å²) in [6.07, 6.45) is -0.000611. The lowest BCUT2D eigenvalue weighted by molar-refractivity contribution is -0.167. The van der Waals surface area contributed by atoms with E-state index in [9.17, 15) is 14.4 Å². The first-order valence-electron chi connectivity index (χ1n) is 8.05. The second-order valence-electron chi connectivity index (χ2n) is 7.04. The summed E-state index contributed by atoms with van der Waals surface area (Å²) in [7, 11) is -1.39. The van der Waals surface area contributed by atoms with Crippen LogP contribution in [0.4, 0.5) is 0 Å². The summed E-state index contributed by atoms with van der Waals surface area (Å²) in [6, 6.07) is 14.2. The number of nitrogens with zero attached hydrogens (tertiary/aromatic N) is 1. The molecule has 0 N–H and O–H groups in total. The molecule has 2 aromatic carbocycles. The molecule has 1 aliphatic rings. The van der Waals surface area contributed by atoms with Crippen LogP contribution in [0.2, 0.25) is 19.6 Å². The van der Waals surface area contributed by atoms with E-state index in [4.69, 9.17) is 4.84 Å². The zero-order valence-corrected chi connectivity index (χ0v) is 15.4. The third-order valence-electron chi connectivity index (χ3n) is 4.12. The molecule has 0 bridgehead atoms. The van der Waals surface area contributed by atoms with E-state index in [1.807, 2.05) is 24.3 Å². The molecule has 128 valence electrons. The Morgan fingerprint density at radius 1 is 0.920 bits per heavy atom. The Labute approximate surface area is 147 Å². The van der Waals surface area contributed by atoms with Crippen LogP contribution in [-0.2, 0) is 16.1 Å². The van der Waals surface area contributed by atoms with Gasteiger partial charge in [-0.25, -0.2) is 4.79 Å². The number of carbonyl (C=O) groups is 3. The molecule has 3 rings (SSSR count). The maximum absolute atomic E-state index is 12.2. The summed E-state index contributed by atoms with van der Waals surface area (Å²) in [5, 5.41) is 1.84. The van der Waals surface area contributed by atoms with E-state index in [2.05, 4.69) is 19.6 Å². The van der Waals surface area contributed by atoms with Crippen molar-refractivity contribution < 1.29 is 19.2 Å². The van der Waals surface area contributed by atoms with Crippen molar-refractivity contribution >= 4 is 31.0 Å². The topological polar surface area (TPSA) is 63.7 Å². The van der Waals surface area contributed by atoms with E-state index >= 15 is 0 Å². The Morgan fingerprint density at radius 2 is 1.44 bits per heavy atom. The minimum atomic E-state index is -1.39. The standard InChI is InChI=1S/C19H19NO4Si/c1-25(2,3)14-10-8-13(9-11-14)12-17(21)24-20-18(22)15-6-4-5-7-16(15)19(20)23/h4-11H,12H2,1-3H3. The Balaban J connectivity index is 1.68. The molecule has 0 aromatic heterocycles. The summed E-state index contributed by atoms with van der Waals surface area (Å²) < 4.78 is 0. The molecule has 2 amide bonds. The van der Waals surface area contributed by atoms with Gasteiger partial charge in [0.25, 0.3) is 11.8 Å². The highest BCUT2D eigenvalue weighted by molar-refractivity contribution is 6.88. The average Bonchev–Trinajstić information content (AvgIpc) is 2.80. The van der Waals surface area contributed by atoms with Crippen molar-refractivity contribution in [1.82, 2.24) is 5.06 Å². The summed E-state index contributed by atoms with van der Waals surface area (Å²) in [5.41, 5.74) is 1.28. The molecule has 0 radical (unpaired) electrons. The molecule has 0 saturated heterocycles. The van der Waals surface area contributed by atoms with Crippen LogP contribution >= 0.6 is 0 Å². The highest BCUT2D eigenvalue weighted by Crippen LogP contribution is 2.22. The zero-order valence-electron chi connectivity index (χ0n) is 14.4. The van der Waals surface area contributed by atoms with Crippen LogP contribution in [0.5, 0.6) is 0 Å². The lowest BCUT2D eigenvalue weighted by Gasteiger charge is -2.17. The van der Waals surface area contributed by atoms with E-state index in [-0.39, 0.29) is 17.5 Å². The summed E-state index contributed by atoms with van der Waals surface area (Å²) in [4.78, 5) is 41.5. The molecular weight excluding hydrogens is 334 g/mol. The third-order valence-corrected chi connectivity index (χ3v) is 6.18. The number of imide groups is 1. The number of hydroxylamine groups is 2. The number of hydrogen-bond acceptors (Lipinski definition) is 4. The van der Waals surface area contributed by atoms with Gasteiger partial charge in [-0.15, -0.1) is 0 Å². The molecular formula is C19H19NO4Si. The molecule has 0 fully saturated rings. The predicted molar refractivity (Wildman–Crippen MR) is 96.2 cm³/mol. The van der Waals surface area contributed by atoms with Gasteiger partial charge in [0.1, 0.15) is 0 Å².